The lowest BCUT2D eigenvalue weighted by molar-refractivity contribution is 1.24. The molecule has 0 fully saturated rings. The average Bonchev–Trinajstić information content (AvgIpc) is 3.57. The molecular weight excluding hydrogens is 502 g/mol. The first kappa shape index (κ1) is 23.0. The highest BCUT2D eigenvalue weighted by Gasteiger charge is 2.20. The highest BCUT2D eigenvalue weighted by atomic mass is 32.1. The maximum absolute atomic E-state index is 2.47. The van der Waals surface area contributed by atoms with Gasteiger partial charge in [-0.1, -0.05) is 133 Å². The van der Waals surface area contributed by atoms with E-state index in [1.54, 1.807) is 0 Å². The van der Waals surface area contributed by atoms with Gasteiger partial charge in [0, 0.05) is 32.0 Å². The van der Waals surface area contributed by atoms with Crippen LogP contribution < -0.4 is 0 Å². The lowest BCUT2D eigenvalue weighted by atomic mass is 9.97. The first-order chi connectivity index (χ1) is 19.9. The van der Waals surface area contributed by atoms with E-state index in [2.05, 4.69) is 156 Å². The normalized spacial score (nSPS) is 11.5. The van der Waals surface area contributed by atoms with Crippen molar-refractivity contribution < 1.29 is 0 Å². The van der Waals surface area contributed by atoms with Crippen LogP contribution in [0.5, 0.6) is 0 Å². The Balaban J connectivity index is 1.41. The zero-order chi connectivity index (χ0) is 26.5. The van der Waals surface area contributed by atoms with Crippen LogP contribution >= 0.6 is 11.3 Å². The Hall–Kier alpha value is -4.92. The van der Waals surface area contributed by atoms with Crippen LogP contribution in [-0.4, -0.2) is 4.57 Å². The average molecular weight is 528 g/mol. The van der Waals surface area contributed by atoms with Crippen molar-refractivity contribution in [1.82, 2.24) is 4.57 Å². The molecule has 8 rings (SSSR count). The van der Waals surface area contributed by atoms with Crippen molar-refractivity contribution in [1.29, 1.82) is 0 Å². The Labute approximate surface area is 237 Å². The summed E-state index contributed by atoms with van der Waals surface area (Å²) in [6.07, 6.45) is 0. The van der Waals surface area contributed by atoms with Gasteiger partial charge in [0.15, 0.2) is 0 Å². The van der Waals surface area contributed by atoms with E-state index in [9.17, 15) is 0 Å². The van der Waals surface area contributed by atoms with Crippen molar-refractivity contribution in [3.8, 4) is 37.7 Å². The molecular formula is C38H25NS. The highest BCUT2D eigenvalue weighted by Crippen LogP contribution is 2.46. The summed E-state index contributed by atoms with van der Waals surface area (Å²) >= 11 is 1.89. The number of aromatic nitrogens is 1. The van der Waals surface area contributed by atoms with Crippen molar-refractivity contribution in [2.45, 2.75) is 0 Å². The van der Waals surface area contributed by atoms with Crippen molar-refractivity contribution in [3.63, 3.8) is 0 Å². The summed E-state index contributed by atoms with van der Waals surface area (Å²) in [5, 5.41) is 6.38. The second kappa shape index (κ2) is 9.37. The molecule has 0 spiro atoms. The summed E-state index contributed by atoms with van der Waals surface area (Å²) < 4.78 is 2.47. The van der Waals surface area contributed by atoms with E-state index in [4.69, 9.17) is 0 Å². The van der Waals surface area contributed by atoms with E-state index < -0.39 is 0 Å². The third-order valence-corrected chi connectivity index (χ3v) is 9.08. The van der Waals surface area contributed by atoms with Crippen molar-refractivity contribution in [2.75, 3.05) is 0 Å². The van der Waals surface area contributed by atoms with Gasteiger partial charge in [-0.15, -0.1) is 11.3 Å². The number of hydrogen-bond donors (Lipinski definition) is 0. The number of para-hydroxylation sites is 1. The molecule has 0 N–H and O–H groups in total. The summed E-state index contributed by atoms with van der Waals surface area (Å²) in [5.41, 5.74) is 8.72. The van der Waals surface area contributed by atoms with Crippen LogP contribution in [0.2, 0.25) is 0 Å². The number of rotatable bonds is 4. The summed E-state index contributed by atoms with van der Waals surface area (Å²) in [7, 11) is 0. The van der Waals surface area contributed by atoms with Crippen LogP contribution in [0.15, 0.2) is 152 Å². The first-order valence-corrected chi connectivity index (χ1v) is 14.4. The molecule has 188 valence electrons. The molecule has 2 heterocycles. The van der Waals surface area contributed by atoms with Gasteiger partial charge in [-0.05, 0) is 40.5 Å². The molecule has 0 saturated carbocycles. The van der Waals surface area contributed by atoms with Crippen molar-refractivity contribution in [3.05, 3.63) is 152 Å². The van der Waals surface area contributed by atoms with Gasteiger partial charge in [0.2, 0.25) is 0 Å². The molecule has 6 aromatic carbocycles. The molecule has 0 saturated heterocycles. The number of nitrogens with zero attached hydrogens (tertiary/aromatic N) is 1. The predicted octanol–water partition coefficient (Wildman–Crippen LogP) is 11.0. The van der Waals surface area contributed by atoms with Crippen LogP contribution in [0.4, 0.5) is 0 Å². The molecule has 0 aliphatic heterocycles. The van der Waals surface area contributed by atoms with Gasteiger partial charge in [-0.2, -0.15) is 0 Å². The molecule has 0 bridgehead atoms. The van der Waals surface area contributed by atoms with E-state index in [0.717, 1.165) is 0 Å². The molecule has 0 radical (unpaired) electrons. The van der Waals surface area contributed by atoms with Gasteiger partial charge in [-0.3, -0.25) is 0 Å². The van der Waals surface area contributed by atoms with Gasteiger partial charge in [0.05, 0.1) is 11.0 Å². The van der Waals surface area contributed by atoms with E-state index >= 15 is 0 Å². The highest BCUT2D eigenvalue weighted by molar-refractivity contribution is 7.20. The number of thiophene rings is 1. The van der Waals surface area contributed by atoms with Crippen molar-refractivity contribution >= 4 is 43.9 Å². The zero-order valence-electron chi connectivity index (χ0n) is 21.8. The molecule has 1 nitrogen and oxygen atoms in total. The maximum atomic E-state index is 2.47. The van der Waals surface area contributed by atoms with E-state index in [1.807, 2.05) is 11.3 Å². The third kappa shape index (κ3) is 3.61. The first-order valence-electron chi connectivity index (χ1n) is 13.6. The van der Waals surface area contributed by atoms with Gasteiger partial charge >= 0.3 is 0 Å². The van der Waals surface area contributed by atoms with Gasteiger partial charge in [0.25, 0.3) is 0 Å². The molecule has 0 aliphatic carbocycles. The lowest BCUT2D eigenvalue weighted by Crippen LogP contribution is -1.91. The molecule has 0 amide bonds. The van der Waals surface area contributed by atoms with Gasteiger partial charge < -0.3 is 4.57 Å². The molecule has 2 aromatic heterocycles. The van der Waals surface area contributed by atoms with E-state index in [1.165, 1.54) is 70.3 Å². The Morgan fingerprint density at radius 3 is 1.73 bits per heavy atom. The maximum Gasteiger partial charge on any atom is 0.109 e. The van der Waals surface area contributed by atoms with Gasteiger partial charge in [0.1, 0.15) is 5.00 Å². The standard InChI is InChI=1S/C38H25NS/c1-3-13-26(14-4-1)28-23-24-36-34(25-28)30-18-11-12-22-35(30)39(36)38-33-21-10-9-20-32(33)37(40-38)31-19-8-7-17-29(31)27-15-5-2-6-16-27/h1-25H. The van der Waals surface area contributed by atoms with Gasteiger partial charge in [-0.25, -0.2) is 0 Å². The molecule has 0 aliphatic rings. The Morgan fingerprint density at radius 2 is 0.950 bits per heavy atom. The number of benzene rings is 6. The molecule has 0 atom stereocenters. The molecule has 0 unspecified atom stereocenters. The smallest absolute Gasteiger partial charge is 0.109 e. The third-order valence-electron chi connectivity index (χ3n) is 7.84. The van der Waals surface area contributed by atoms with Crippen LogP contribution in [0, 0.1) is 0 Å². The van der Waals surface area contributed by atoms with Crippen LogP contribution in [0.3, 0.4) is 0 Å². The Kier molecular flexibility index (Phi) is 5.39. The zero-order valence-corrected chi connectivity index (χ0v) is 22.6. The number of hydrogen-bond acceptors (Lipinski definition) is 1. The summed E-state index contributed by atoms with van der Waals surface area (Å²) in [6.45, 7) is 0. The minimum absolute atomic E-state index is 1.23. The number of fused-ring (bicyclic) bond motifs is 4. The largest absolute Gasteiger partial charge is 0.300 e. The second-order valence-corrected chi connectivity index (χ2v) is 11.1. The van der Waals surface area contributed by atoms with E-state index in [-0.39, 0.29) is 0 Å². The predicted molar refractivity (Wildman–Crippen MR) is 172 cm³/mol. The van der Waals surface area contributed by atoms with Crippen LogP contribution in [-0.2, 0) is 0 Å². The minimum Gasteiger partial charge on any atom is -0.300 e. The molecule has 40 heavy (non-hydrogen) atoms. The lowest BCUT2D eigenvalue weighted by Gasteiger charge is -2.09. The van der Waals surface area contributed by atoms with Crippen molar-refractivity contribution in [2.24, 2.45) is 0 Å². The molecule has 2 heteroatoms. The fraction of sp³-hybridized carbons (Fsp3) is 0. The SMILES string of the molecule is c1ccc(-c2ccc3c(c2)c2ccccc2n3-c2sc(-c3ccccc3-c3ccccc3)c3ccccc23)cc1. The quantitative estimate of drug-likeness (QED) is 0.214. The summed E-state index contributed by atoms with van der Waals surface area (Å²) in [6, 6.07) is 54.7. The Bertz CT molecular complexity index is 2150. The Morgan fingerprint density at radius 1 is 0.375 bits per heavy atom. The minimum atomic E-state index is 1.23. The monoisotopic (exact) mass is 527 g/mol. The fourth-order valence-corrected chi connectivity index (χ4v) is 7.34. The molecule has 8 aromatic rings. The second-order valence-electron chi connectivity index (χ2n) is 10.1. The van der Waals surface area contributed by atoms with E-state index in [0.29, 0.717) is 0 Å². The van der Waals surface area contributed by atoms with Crippen LogP contribution in [0.1, 0.15) is 0 Å². The van der Waals surface area contributed by atoms with Crippen LogP contribution in [0.25, 0.3) is 70.3 Å². The topological polar surface area (TPSA) is 4.93 Å². The fourth-order valence-electron chi connectivity index (χ4n) is 5.99. The summed E-state index contributed by atoms with van der Waals surface area (Å²) in [4.78, 5) is 1.30. The summed E-state index contributed by atoms with van der Waals surface area (Å²) in [5.74, 6) is 0.